The number of carbonyl (C=O) groups is 1. The SMILES string of the molecule is Cn1ccnc1CNCCNC(=O)OC(C)(C)C. The molecular formula is C12H22N4O2. The van der Waals surface area contributed by atoms with E-state index in [1.165, 1.54) is 0 Å². The van der Waals surface area contributed by atoms with Crippen LogP contribution in [0.25, 0.3) is 0 Å². The lowest BCUT2D eigenvalue weighted by molar-refractivity contribution is 0.0528. The summed E-state index contributed by atoms with van der Waals surface area (Å²) >= 11 is 0. The molecule has 0 saturated heterocycles. The summed E-state index contributed by atoms with van der Waals surface area (Å²) < 4.78 is 7.07. The van der Waals surface area contributed by atoms with Crippen LogP contribution < -0.4 is 10.6 Å². The van der Waals surface area contributed by atoms with E-state index in [0.29, 0.717) is 19.6 Å². The van der Waals surface area contributed by atoms with Gasteiger partial charge in [-0.2, -0.15) is 0 Å². The van der Waals surface area contributed by atoms with Crippen molar-refractivity contribution in [3.8, 4) is 0 Å². The maximum Gasteiger partial charge on any atom is 0.407 e. The van der Waals surface area contributed by atoms with Gasteiger partial charge in [0.25, 0.3) is 0 Å². The highest BCUT2D eigenvalue weighted by molar-refractivity contribution is 5.67. The van der Waals surface area contributed by atoms with Gasteiger partial charge in [-0.25, -0.2) is 9.78 Å². The minimum absolute atomic E-state index is 0.388. The van der Waals surface area contributed by atoms with Crippen molar-refractivity contribution in [3.63, 3.8) is 0 Å². The fraction of sp³-hybridized carbons (Fsp3) is 0.667. The number of hydrogen-bond donors (Lipinski definition) is 2. The molecule has 1 aromatic rings. The second-order valence-electron chi connectivity index (χ2n) is 5.06. The molecule has 0 aromatic carbocycles. The van der Waals surface area contributed by atoms with Crippen LogP contribution in [-0.2, 0) is 18.3 Å². The van der Waals surface area contributed by atoms with E-state index in [1.807, 2.05) is 38.6 Å². The summed E-state index contributed by atoms with van der Waals surface area (Å²) in [5.41, 5.74) is -0.454. The van der Waals surface area contributed by atoms with Crippen LogP contribution in [0.4, 0.5) is 4.79 Å². The first kappa shape index (κ1) is 14.5. The Kier molecular flexibility index (Phi) is 5.15. The zero-order chi connectivity index (χ0) is 13.6. The zero-order valence-corrected chi connectivity index (χ0v) is 11.5. The van der Waals surface area contributed by atoms with Crippen LogP contribution in [0.3, 0.4) is 0 Å². The summed E-state index contributed by atoms with van der Waals surface area (Å²) in [4.78, 5) is 15.5. The summed E-state index contributed by atoms with van der Waals surface area (Å²) in [5.74, 6) is 0.965. The number of rotatable bonds is 5. The van der Waals surface area contributed by atoms with Crippen molar-refractivity contribution >= 4 is 6.09 Å². The Hall–Kier alpha value is -1.56. The highest BCUT2D eigenvalue weighted by Gasteiger charge is 2.15. The summed E-state index contributed by atoms with van der Waals surface area (Å²) in [6.45, 7) is 7.40. The Labute approximate surface area is 108 Å². The molecule has 6 heteroatoms. The number of aromatic nitrogens is 2. The van der Waals surface area contributed by atoms with Crippen molar-refractivity contribution in [2.24, 2.45) is 7.05 Å². The number of carbonyl (C=O) groups excluding carboxylic acids is 1. The highest BCUT2D eigenvalue weighted by Crippen LogP contribution is 2.05. The summed E-state index contributed by atoms with van der Waals surface area (Å²) in [5, 5.41) is 5.88. The second-order valence-corrected chi connectivity index (χ2v) is 5.06. The van der Waals surface area contributed by atoms with Gasteiger partial charge < -0.3 is 19.9 Å². The van der Waals surface area contributed by atoms with Gasteiger partial charge in [-0.15, -0.1) is 0 Å². The molecular weight excluding hydrogens is 232 g/mol. The molecule has 6 nitrogen and oxygen atoms in total. The molecule has 2 N–H and O–H groups in total. The zero-order valence-electron chi connectivity index (χ0n) is 11.5. The van der Waals surface area contributed by atoms with Crippen molar-refractivity contribution in [2.75, 3.05) is 13.1 Å². The molecule has 0 atom stereocenters. The lowest BCUT2D eigenvalue weighted by Gasteiger charge is -2.19. The first-order valence-electron chi connectivity index (χ1n) is 6.02. The third kappa shape index (κ3) is 5.67. The van der Waals surface area contributed by atoms with E-state index in [2.05, 4.69) is 15.6 Å². The van der Waals surface area contributed by atoms with Crippen molar-refractivity contribution in [1.29, 1.82) is 0 Å². The Morgan fingerprint density at radius 1 is 1.44 bits per heavy atom. The maximum atomic E-state index is 11.3. The molecule has 0 saturated carbocycles. The molecule has 0 aliphatic carbocycles. The third-order valence-corrected chi connectivity index (χ3v) is 2.17. The van der Waals surface area contributed by atoms with Gasteiger partial charge in [0, 0.05) is 32.5 Å². The van der Waals surface area contributed by atoms with Crippen LogP contribution in [0.5, 0.6) is 0 Å². The van der Waals surface area contributed by atoms with Crippen molar-refractivity contribution in [2.45, 2.75) is 32.9 Å². The van der Waals surface area contributed by atoms with Crippen LogP contribution in [-0.4, -0.2) is 34.3 Å². The van der Waals surface area contributed by atoms with Crippen LogP contribution in [0, 0.1) is 0 Å². The topological polar surface area (TPSA) is 68.2 Å². The Morgan fingerprint density at radius 3 is 2.72 bits per heavy atom. The van der Waals surface area contributed by atoms with Gasteiger partial charge in [0.2, 0.25) is 0 Å². The molecule has 18 heavy (non-hydrogen) atoms. The predicted octanol–water partition coefficient (Wildman–Crippen LogP) is 1.03. The minimum atomic E-state index is -0.454. The number of alkyl carbamates (subject to hydrolysis) is 1. The summed E-state index contributed by atoms with van der Waals surface area (Å²) in [6, 6.07) is 0. The monoisotopic (exact) mass is 254 g/mol. The smallest absolute Gasteiger partial charge is 0.407 e. The van der Waals surface area contributed by atoms with Gasteiger partial charge in [-0.3, -0.25) is 0 Å². The first-order valence-corrected chi connectivity index (χ1v) is 6.02. The number of hydrogen-bond acceptors (Lipinski definition) is 4. The van der Waals surface area contributed by atoms with E-state index in [9.17, 15) is 4.79 Å². The fourth-order valence-electron chi connectivity index (χ4n) is 1.33. The van der Waals surface area contributed by atoms with E-state index in [4.69, 9.17) is 4.74 Å². The van der Waals surface area contributed by atoms with Crippen LogP contribution in [0.1, 0.15) is 26.6 Å². The van der Waals surface area contributed by atoms with Gasteiger partial charge in [0.1, 0.15) is 11.4 Å². The summed E-state index contributed by atoms with van der Waals surface area (Å²) in [6.07, 6.45) is 3.27. The van der Waals surface area contributed by atoms with Crippen LogP contribution >= 0.6 is 0 Å². The largest absolute Gasteiger partial charge is 0.444 e. The molecule has 102 valence electrons. The average molecular weight is 254 g/mol. The molecule has 0 radical (unpaired) electrons. The van der Waals surface area contributed by atoms with Crippen molar-refractivity contribution in [1.82, 2.24) is 20.2 Å². The van der Waals surface area contributed by atoms with Gasteiger partial charge >= 0.3 is 6.09 Å². The number of imidazole rings is 1. The lowest BCUT2D eigenvalue weighted by Crippen LogP contribution is -2.36. The van der Waals surface area contributed by atoms with Crippen molar-refractivity contribution in [3.05, 3.63) is 18.2 Å². The minimum Gasteiger partial charge on any atom is -0.444 e. The Bertz CT molecular complexity index is 382. The van der Waals surface area contributed by atoms with Gasteiger partial charge in [0.05, 0.1) is 6.54 Å². The van der Waals surface area contributed by atoms with Crippen LogP contribution in [0.15, 0.2) is 12.4 Å². The number of nitrogens with zero attached hydrogens (tertiary/aromatic N) is 2. The maximum absolute atomic E-state index is 11.3. The Balaban J connectivity index is 2.09. The molecule has 1 rings (SSSR count). The van der Waals surface area contributed by atoms with E-state index in [-0.39, 0.29) is 6.09 Å². The number of ether oxygens (including phenoxy) is 1. The van der Waals surface area contributed by atoms with Crippen LogP contribution in [0.2, 0.25) is 0 Å². The molecule has 0 aliphatic rings. The summed E-state index contributed by atoms with van der Waals surface area (Å²) in [7, 11) is 1.95. The van der Waals surface area contributed by atoms with Gasteiger partial charge in [-0.05, 0) is 20.8 Å². The van der Waals surface area contributed by atoms with E-state index >= 15 is 0 Å². The standard InChI is InChI=1S/C12H22N4O2/c1-12(2,3)18-11(17)15-6-5-13-9-10-14-7-8-16(10)4/h7-8,13H,5-6,9H2,1-4H3,(H,15,17). The molecule has 1 amide bonds. The number of nitrogens with one attached hydrogen (secondary N) is 2. The van der Waals surface area contributed by atoms with E-state index in [0.717, 1.165) is 5.82 Å². The predicted molar refractivity (Wildman–Crippen MR) is 69.2 cm³/mol. The lowest BCUT2D eigenvalue weighted by atomic mass is 10.2. The highest BCUT2D eigenvalue weighted by atomic mass is 16.6. The molecule has 1 aromatic heterocycles. The first-order chi connectivity index (χ1) is 8.38. The van der Waals surface area contributed by atoms with E-state index < -0.39 is 5.60 Å². The molecule has 0 aliphatic heterocycles. The number of amides is 1. The van der Waals surface area contributed by atoms with Gasteiger partial charge in [0.15, 0.2) is 0 Å². The molecule has 0 spiro atoms. The molecule has 1 heterocycles. The van der Waals surface area contributed by atoms with Crippen molar-refractivity contribution < 1.29 is 9.53 Å². The van der Waals surface area contributed by atoms with Gasteiger partial charge in [-0.1, -0.05) is 0 Å². The molecule has 0 unspecified atom stereocenters. The third-order valence-electron chi connectivity index (χ3n) is 2.17. The average Bonchev–Trinajstić information content (AvgIpc) is 2.61. The second kappa shape index (κ2) is 6.39. The van der Waals surface area contributed by atoms with E-state index in [1.54, 1.807) is 6.20 Å². The fourth-order valence-corrected chi connectivity index (χ4v) is 1.33. The normalized spacial score (nSPS) is 11.3. The Morgan fingerprint density at radius 2 is 2.17 bits per heavy atom. The molecule has 0 fully saturated rings. The number of aryl methyl sites for hydroxylation is 1. The quantitative estimate of drug-likeness (QED) is 0.770. The molecule has 0 bridgehead atoms.